The Balaban J connectivity index is 2.69. The van der Waals surface area contributed by atoms with Gasteiger partial charge in [-0.05, 0) is 12.1 Å². The fourth-order valence-corrected chi connectivity index (χ4v) is 1.09. The first kappa shape index (κ1) is 6.40. The van der Waals surface area contributed by atoms with Gasteiger partial charge in [0.05, 0.1) is 0 Å². The minimum atomic E-state index is 0.879. The lowest BCUT2D eigenvalue weighted by molar-refractivity contribution is 0.557. The monoisotopic (exact) mass is 147 g/mol. The van der Waals surface area contributed by atoms with Crippen molar-refractivity contribution in [2.45, 2.75) is 13.3 Å². The molecule has 0 bridgehead atoms. The first-order chi connectivity index (χ1) is 5.40. The standard InChI is InChI=1S/C9H9NO/c1-2-7-6-8-9(11-7)4-3-5-10-8/h3-6H,2H2,1H3. The van der Waals surface area contributed by atoms with Crippen LogP contribution in [0.1, 0.15) is 12.7 Å². The molecule has 2 nitrogen and oxygen atoms in total. The number of furan rings is 1. The van der Waals surface area contributed by atoms with Crippen molar-refractivity contribution in [1.82, 2.24) is 4.98 Å². The quantitative estimate of drug-likeness (QED) is 0.619. The highest BCUT2D eigenvalue weighted by molar-refractivity contribution is 5.72. The predicted octanol–water partition coefficient (Wildman–Crippen LogP) is 2.39. The summed E-state index contributed by atoms with van der Waals surface area (Å²) in [6, 6.07) is 5.79. The molecular weight excluding hydrogens is 138 g/mol. The molecule has 0 saturated heterocycles. The molecule has 0 amide bonds. The number of fused-ring (bicyclic) bond motifs is 1. The van der Waals surface area contributed by atoms with E-state index in [0.29, 0.717) is 0 Å². The molecule has 2 heterocycles. The summed E-state index contributed by atoms with van der Waals surface area (Å²) in [7, 11) is 0. The second-order valence-corrected chi connectivity index (χ2v) is 2.45. The summed E-state index contributed by atoms with van der Waals surface area (Å²) < 4.78 is 5.45. The van der Waals surface area contributed by atoms with Gasteiger partial charge in [-0.15, -0.1) is 0 Å². The average Bonchev–Trinajstić information content (AvgIpc) is 2.46. The molecule has 0 fully saturated rings. The Hall–Kier alpha value is -1.31. The molecule has 0 saturated carbocycles. The molecule has 56 valence electrons. The van der Waals surface area contributed by atoms with Gasteiger partial charge in [0.1, 0.15) is 11.3 Å². The maximum Gasteiger partial charge on any atom is 0.152 e. The lowest BCUT2D eigenvalue weighted by Gasteiger charge is -1.83. The summed E-state index contributed by atoms with van der Waals surface area (Å²) in [6.45, 7) is 2.07. The molecule has 0 atom stereocenters. The molecule has 0 aliphatic rings. The maximum absolute atomic E-state index is 5.45. The maximum atomic E-state index is 5.45. The number of aryl methyl sites for hydroxylation is 1. The van der Waals surface area contributed by atoms with Gasteiger partial charge in [0.15, 0.2) is 5.58 Å². The van der Waals surface area contributed by atoms with Crippen LogP contribution in [0.3, 0.4) is 0 Å². The van der Waals surface area contributed by atoms with Crippen LogP contribution >= 0.6 is 0 Å². The van der Waals surface area contributed by atoms with Crippen molar-refractivity contribution < 1.29 is 4.42 Å². The third-order valence-electron chi connectivity index (χ3n) is 1.69. The van der Waals surface area contributed by atoms with Crippen molar-refractivity contribution in [3.63, 3.8) is 0 Å². The van der Waals surface area contributed by atoms with Gasteiger partial charge in [-0.1, -0.05) is 6.92 Å². The van der Waals surface area contributed by atoms with Crippen LogP contribution in [0.25, 0.3) is 11.1 Å². The van der Waals surface area contributed by atoms with E-state index >= 15 is 0 Å². The van der Waals surface area contributed by atoms with Crippen LogP contribution in [-0.2, 0) is 6.42 Å². The van der Waals surface area contributed by atoms with E-state index in [2.05, 4.69) is 11.9 Å². The topological polar surface area (TPSA) is 26.0 Å². The van der Waals surface area contributed by atoms with Crippen molar-refractivity contribution in [3.8, 4) is 0 Å². The number of nitrogens with zero attached hydrogens (tertiary/aromatic N) is 1. The first-order valence-corrected chi connectivity index (χ1v) is 3.73. The Morgan fingerprint density at radius 3 is 3.18 bits per heavy atom. The van der Waals surface area contributed by atoms with Crippen LogP contribution in [0, 0.1) is 0 Å². The van der Waals surface area contributed by atoms with E-state index in [0.717, 1.165) is 23.3 Å². The first-order valence-electron chi connectivity index (χ1n) is 3.73. The van der Waals surface area contributed by atoms with Gasteiger partial charge in [0.25, 0.3) is 0 Å². The smallest absolute Gasteiger partial charge is 0.152 e. The third kappa shape index (κ3) is 1.00. The summed E-state index contributed by atoms with van der Waals surface area (Å²) in [4.78, 5) is 4.16. The highest BCUT2D eigenvalue weighted by Gasteiger charge is 1.99. The van der Waals surface area contributed by atoms with Crippen LogP contribution in [0.15, 0.2) is 28.8 Å². The summed E-state index contributed by atoms with van der Waals surface area (Å²) in [6.07, 6.45) is 2.70. The van der Waals surface area contributed by atoms with E-state index in [-0.39, 0.29) is 0 Å². The zero-order chi connectivity index (χ0) is 7.68. The average molecular weight is 147 g/mol. The fraction of sp³-hybridized carbons (Fsp3) is 0.222. The Bertz CT molecular complexity index is 331. The normalized spacial score (nSPS) is 10.6. The number of hydrogen-bond acceptors (Lipinski definition) is 2. The number of aromatic nitrogens is 1. The molecule has 0 aliphatic heterocycles. The van der Waals surface area contributed by atoms with E-state index in [4.69, 9.17) is 4.42 Å². The summed E-state index contributed by atoms with van der Waals surface area (Å²) in [5.74, 6) is 0.999. The van der Waals surface area contributed by atoms with Gasteiger partial charge in [-0.3, -0.25) is 4.98 Å². The summed E-state index contributed by atoms with van der Waals surface area (Å²) in [5.41, 5.74) is 1.83. The fourth-order valence-electron chi connectivity index (χ4n) is 1.09. The van der Waals surface area contributed by atoms with Crippen LogP contribution < -0.4 is 0 Å². The lowest BCUT2D eigenvalue weighted by atomic mass is 10.3. The van der Waals surface area contributed by atoms with E-state index in [9.17, 15) is 0 Å². The van der Waals surface area contributed by atoms with Crippen molar-refractivity contribution in [3.05, 3.63) is 30.2 Å². The molecule has 0 unspecified atom stereocenters. The van der Waals surface area contributed by atoms with Gasteiger partial charge in [-0.2, -0.15) is 0 Å². The SMILES string of the molecule is CCc1cc2ncccc2o1. The van der Waals surface area contributed by atoms with E-state index in [1.807, 2.05) is 18.2 Å². The zero-order valence-corrected chi connectivity index (χ0v) is 6.37. The molecular formula is C9H9NO. The minimum Gasteiger partial charge on any atom is -0.459 e. The van der Waals surface area contributed by atoms with E-state index in [1.54, 1.807) is 6.20 Å². The molecule has 2 aromatic rings. The second-order valence-electron chi connectivity index (χ2n) is 2.45. The van der Waals surface area contributed by atoms with Crippen LogP contribution in [0.2, 0.25) is 0 Å². The Labute approximate surface area is 64.9 Å². The molecule has 0 N–H and O–H groups in total. The van der Waals surface area contributed by atoms with E-state index < -0.39 is 0 Å². The number of hydrogen-bond donors (Lipinski definition) is 0. The van der Waals surface area contributed by atoms with Crippen molar-refractivity contribution in [1.29, 1.82) is 0 Å². The molecule has 2 rings (SSSR count). The molecule has 2 aromatic heterocycles. The molecule has 0 aromatic carbocycles. The predicted molar refractivity (Wildman–Crippen MR) is 43.4 cm³/mol. The zero-order valence-electron chi connectivity index (χ0n) is 6.37. The third-order valence-corrected chi connectivity index (χ3v) is 1.69. The Morgan fingerprint density at radius 1 is 1.55 bits per heavy atom. The summed E-state index contributed by atoms with van der Waals surface area (Å²) >= 11 is 0. The van der Waals surface area contributed by atoms with Crippen molar-refractivity contribution >= 4 is 11.1 Å². The highest BCUT2D eigenvalue weighted by atomic mass is 16.3. The number of rotatable bonds is 1. The lowest BCUT2D eigenvalue weighted by Crippen LogP contribution is -1.68. The van der Waals surface area contributed by atoms with Gasteiger partial charge >= 0.3 is 0 Å². The van der Waals surface area contributed by atoms with Crippen LogP contribution in [0.4, 0.5) is 0 Å². The van der Waals surface area contributed by atoms with Crippen molar-refractivity contribution in [2.75, 3.05) is 0 Å². The van der Waals surface area contributed by atoms with Gasteiger partial charge in [-0.25, -0.2) is 0 Å². The highest BCUT2D eigenvalue weighted by Crippen LogP contribution is 2.16. The van der Waals surface area contributed by atoms with Gasteiger partial charge in [0.2, 0.25) is 0 Å². The van der Waals surface area contributed by atoms with E-state index in [1.165, 1.54) is 0 Å². The second kappa shape index (κ2) is 2.38. The molecule has 2 heteroatoms. The van der Waals surface area contributed by atoms with Crippen LogP contribution in [0.5, 0.6) is 0 Å². The largest absolute Gasteiger partial charge is 0.459 e. The van der Waals surface area contributed by atoms with Crippen LogP contribution in [-0.4, -0.2) is 4.98 Å². The van der Waals surface area contributed by atoms with Crippen molar-refractivity contribution in [2.24, 2.45) is 0 Å². The van der Waals surface area contributed by atoms with Gasteiger partial charge < -0.3 is 4.42 Å². The molecule has 0 radical (unpaired) electrons. The minimum absolute atomic E-state index is 0.879. The Kier molecular flexibility index (Phi) is 1.39. The molecule has 0 spiro atoms. The Morgan fingerprint density at radius 2 is 2.45 bits per heavy atom. The summed E-state index contributed by atoms with van der Waals surface area (Å²) in [5, 5.41) is 0. The molecule has 0 aliphatic carbocycles. The number of pyridine rings is 1. The molecule has 11 heavy (non-hydrogen) atoms. The van der Waals surface area contributed by atoms with Gasteiger partial charge in [0, 0.05) is 18.7 Å².